The fourth-order valence-corrected chi connectivity index (χ4v) is 1.55. The molecule has 0 saturated carbocycles. The zero-order valence-electron chi connectivity index (χ0n) is 9.54. The number of hydrogen-bond acceptors (Lipinski definition) is 2. The number of carboxylic acid groups (broad SMARTS) is 1. The van der Waals surface area contributed by atoms with Crippen LogP contribution in [0.5, 0.6) is 0 Å². The number of carbonyl (C=O) groups excluding carboxylic acids is 1. The number of aliphatic carboxylic acids is 1. The van der Waals surface area contributed by atoms with Crippen LogP contribution in [0.3, 0.4) is 0 Å². The highest BCUT2D eigenvalue weighted by molar-refractivity contribution is 6.30. The number of urea groups is 1. The molecule has 5 nitrogen and oxygen atoms in total. The summed E-state index contributed by atoms with van der Waals surface area (Å²) in [6.07, 6.45) is -0.197. The van der Waals surface area contributed by atoms with Gasteiger partial charge in [0.25, 0.3) is 0 Å². The minimum absolute atomic E-state index is 0.156. The highest BCUT2D eigenvalue weighted by Gasteiger charge is 2.11. The van der Waals surface area contributed by atoms with E-state index in [9.17, 15) is 14.0 Å². The van der Waals surface area contributed by atoms with Crippen LogP contribution in [0.4, 0.5) is 14.9 Å². The molecule has 18 heavy (non-hydrogen) atoms. The number of benzene rings is 1. The van der Waals surface area contributed by atoms with Gasteiger partial charge in [0.15, 0.2) is 0 Å². The maximum absolute atomic E-state index is 13.0. The minimum atomic E-state index is -1.02. The monoisotopic (exact) mass is 274 g/mol. The first-order valence-corrected chi connectivity index (χ1v) is 5.50. The number of rotatable bonds is 4. The molecule has 1 unspecified atom stereocenters. The molecule has 0 heterocycles. The normalized spacial score (nSPS) is 11.7. The van der Waals surface area contributed by atoms with E-state index in [1.54, 1.807) is 6.92 Å². The largest absolute Gasteiger partial charge is 0.481 e. The lowest BCUT2D eigenvalue weighted by atomic mass is 10.2. The van der Waals surface area contributed by atoms with Gasteiger partial charge in [0.05, 0.1) is 6.42 Å². The molecule has 0 aliphatic carbocycles. The van der Waals surface area contributed by atoms with Gasteiger partial charge >= 0.3 is 12.0 Å². The number of carboxylic acids is 1. The van der Waals surface area contributed by atoms with Gasteiger partial charge in [-0.2, -0.15) is 0 Å². The van der Waals surface area contributed by atoms with Crippen molar-refractivity contribution >= 4 is 29.3 Å². The van der Waals surface area contributed by atoms with Crippen molar-refractivity contribution in [3.63, 3.8) is 0 Å². The minimum Gasteiger partial charge on any atom is -0.481 e. The Kier molecular flexibility index (Phi) is 4.91. The van der Waals surface area contributed by atoms with Gasteiger partial charge in [0.1, 0.15) is 5.82 Å². The van der Waals surface area contributed by atoms with Crippen molar-refractivity contribution in [3.8, 4) is 0 Å². The van der Waals surface area contributed by atoms with Gasteiger partial charge in [-0.05, 0) is 25.1 Å². The van der Waals surface area contributed by atoms with E-state index >= 15 is 0 Å². The molecule has 1 aromatic rings. The van der Waals surface area contributed by atoms with Crippen LogP contribution in [0.15, 0.2) is 18.2 Å². The van der Waals surface area contributed by atoms with E-state index < -0.39 is 23.9 Å². The average Bonchev–Trinajstić information content (AvgIpc) is 2.12. The van der Waals surface area contributed by atoms with E-state index in [4.69, 9.17) is 16.7 Å². The Hall–Kier alpha value is -1.82. The maximum Gasteiger partial charge on any atom is 0.319 e. The zero-order valence-corrected chi connectivity index (χ0v) is 10.3. The lowest BCUT2D eigenvalue weighted by Crippen LogP contribution is -2.37. The first kappa shape index (κ1) is 14.2. The molecule has 1 rings (SSSR count). The van der Waals surface area contributed by atoms with Gasteiger partial charge in [-0.15, -0.1) is 0 Å². The van der Waals surface area contributed by atoms with Gasteiger partial charge in [0.2, 0.25) is 0 Å². The van der Waals surface area contributed by atoms with E-state index in [1.807, 2.05) is 0 Å². The second-order valence-corrected chi connectivity index (χ2v) is 4.19. The number of hydrogen-bond donors (Lipinski definition) is 3. The van der Waals surface area contributed by atoms with E-state index in [0.717, 1.165) is 12.1 Å². The molecule has 1 aromatic carbocycles. The molecule has 2 amide bonds. The predicted octanol–water partition coefficient (Wildman–Crippen LogP) is 2.46. The van der Waals surface area contributed by atoms with Crippen molar-refractivity contribution < 1.29 is 19.1 Å². The Balaban J connectivity index is 2.56. The molecular weight excluding hydrogens is 263 g/mol. The number of halogens is 2. The summed E-state index contributed by atoms with van der Waals surface area (Å²) in [5, 5.41) is 13.4. The number of amides is 2. The first-order chi connectivity index (χ1) is 8.36. The Morgan fingerprint density at radius 2 is 2.11 bits per heavy atom. The molecule has 0 aromatic heterocycles. The number of carbonyl (C=O) groups is 2. The molecule has 98 valence electrons. The Labute approximate surface area is 108 Å². The molecule has 0 aliphatic heterocycles. The summed E-state index contributed by atoms with van der Waals surface area (Å²) in [6.45, 7) is 1.55. The highest BCUT2D eigenvalue weighted by atomic mass is 35.5. The third kappa shape index (κ3) is 5.01. The molecule has 7 heteroatoms. The topological polar surface area (TPSA) is 78.4 Å². The Bertz CT molecular complexity index is 447. The predicted molar refractivity (Wildman–Crippen MR) is 65.3 cm³/mol. The number of anilines is 1. The third-order valence-electron chi connectivity index (χ3n) is 1.98. The molecule has 0 aliphatic rings. The summed E-state index contributed by atoms with van der Waals surface area (Å²) in [5.41, 5.74) is 0.194. The first-order valence-electron chi connectivity index (χ1n) is 5.12. The summed E-state index contributed by atoms with van der Waals surface area (Å²) in [4.78, 5) is 21.8. The van der Waals surface area contributed by atoms with Crippen molar-refractivity contribution in [1.29, 1.82) is 0 Å². The summed E-state index contributed by atoms with van der Waals surface area (Å²) in [7, 11) is 0. The van der Waals surface area contributed by atoms with Crippen LogP contribution in [-0.2, 0) is 4.79 Å². The summed E-state index contributed by atoms with van der Waals surface area (Å²) >= 11 is 5.62. The number of nitrogens with one attached hydrogen (secondary N) is 2. The van der Waals surface area contributed by atoms with Crippen LogP contribution in [0.25, 0.3) is 0 Å². The fraction of sp³-hybridized carbons (Fsp3) is 0.273. The van der Waals surface area contributed by atoms with Crippen molar-refractivity contribution in [3.05, 3.63) is 29.0 Å². The zero-order chi connectivity index (χ0) is 13.7. The summed E-state index contributed by atoms with van der Waals surface area (Å²) in [6, 6.07) is 2.44. The Morgan fingerprint density at radius 3 is 2.67 bits per heavy atom. The van der Waals surface area contributed by atoms with E-state index in [0.29, 0.717) is 0 Å². The summed E-state index contributed by atoms with van der Waals surface area (Å²) < 4.78 is 13.0. The highest BCUT2D eigenvalue weighted by Crippen LogP contribution is 2.17. The van der Waals surface area contributed by atoms with Crippen LogP contribution in [0, 0.1) is 5.82 Å². The van der Waals surface area contributed by atoms with Crippen LogP contribution in [-0.4, -0.2) is 23.1 Å². The molecule has 0 spiro atoms. The van der Waals surface area contributed by atoms with Crippen molar-refractivity contribution in [2.75, 3.05) is 5.32 Å². The molecule has 0 saturated heterocycles. The molecule has 0 fully saturated rings. The summed E-state index contributed by atoms with van der Waals surface area (Å²) in [5.74, 6) is -1.59. The third-order valence-corrected chi connectivity index (χ3v) is 2.20. The molecule has 3 N–H and O–H groups in total. The second kappa shape index (κ2) is 6.20. The van der Waals surface area contributed by atoms with Gasteiger partial charge in [-0.1, -0.05) is 11.6 Å². The van der Waals surface area contributed by atoms with Gasteiger partial charge in [0, 0.05) is 16.8 Å². The Morgan fingerprint density at radius 1 is 1.44 bits per heavy atom. The van der Waals surface area contributed by atoms with Crippen LogP contribution in [0.1, 0.15) is 13.3 Å². The van der Waals surface area contributed by atoms with Gasteiger partial charge < -0.3 is 15.7 Å². The van der Waals surface area contributed by atoms with Crippen LogP contribution < -0.4 is 10.6 Å². The van der Waals surface area contributed by atoms with Crippen LogP contribution in [0.2, 0.25) is 5.02 Å². The molecule has 1 atom stereocenters. The molecule has 0 bridgehead atoms. The van der Waals surface area contributed by atoms with E-state index in [1.165, 1.54) is 6.07 Å². The standard InChI is InChI=1S/C11H12ClFN2O3/c1-6(2-10(16)17)14-11(18)15-9-4-7(12)3-8(13)5-9/h3-6H,2H2,1H3,(H,16,17)(H2,14,15,18). The maximum atomic E-state index is 13.0. The van der Waals surface area contributed by atoms with Gasteiger partial charge in [-0.25, -0.2) is 9.18 Å². The van der Waals surface area contributed by atoms with Crippen molar-refractivity contribution in [1.82, 2.24) is 5.32 Å². The van der Waals surface area contributed by atoms with Gasteiger partial charge in [-0.3, -0.25) is 4.79 Å². The lowest BCUT2D eigenvalue weighted by molar-refractivity contribution is -0.137. The fourth-order valence-electron chi connectivity index (χ4n) is 1.33. The second-order valence-electron chi connectivity index (χ2n) is 3.76. The van der Waals surface area contributed by atoms with Crippen molar-refractivity contribution in [2.24, 2.45) is 0 Å². The lowest BCUT2D eigenvalue weighted by Gasteiger charge is -2.12. The quantitative estimate of drug-likeness (QED) is 0.789. The van der Waals surface area contributed by atoms with E-state index in [2.05, 4.69) is 10.6 Å². The molecule has 0 radical (unpaired) electrons. The van der Waals surface area contributed by atoms with Crippen molar-refractivity contribution in [2.45, 2.75) is 19.4 Å². The average molecular weight is 275 g/mol. The smallest absolute Gasteiger partial charge is 0.319 e. The van der Waals surface area contributed by atoms with Crippen LogP contribution >= 0.6 is 11.6 Å². The molecular formula is C11H12ClFN2O3. The SMILES string of the molecule is CC(CC(=O)O)NC(=O)Nc1cc(F)cc(Cl)c1. The van der Waals surface area contributed by atoms with E-state index in [-0.39, 0.29) is 17.1 Å².